The number of halogens is 1. The number of fused-ring (bicyclic) bond motifs is 4. The molecule has 2 heteroatoms. The highest BCUT2D eigenvalue weighted by Crippen LogP contribution is 2.19. The molecule has 2 aromatic rings. The summed E-state index contributed by atoms with van der Waals surface area (Å²) < 4.78 is 14.0. The number of aryl methyl sites for hydroxylation is 1. The van der Waals surface area contributed by atoms with E-state index in [1.807, 2.05) is 6.07 Å². The fraction of sp³-hybridized carbons (Fsp3) is 0.333. The Bertz CT molecular complexity index is 808. The molecule has 0 spiro atoms. The van der Waals surface area contributed by atoms with Gasteiger partial charge >= 0.3 is 0 Å². The predicted molar refractivity (Wildman–Crippen MR) is 94.6 cm³/mol. The maximum absolute atomic E-state index is 14.0. The molecule has 0 amide bonds. The van der Waals surface area contributed by atoms with E-state index in [0.29, 0.717) is 6.42 Å². The lowest BCUT2D eigenvalue weighted by Crippen LogP contribution is -2.20. The molecule has 0 aliphatic heterocycles. The third-order valence-corrected chi connectivity index (χ3v) is 4.56. The van der Waals surface area contributed by atoms with Crippen molar-refractivity contribution in [3.05, 3.63) is 64.4 Å². The number of hydrogen-bond donors (Lipinski definition) is 1. The van der Waals surface area contributed by atoms with Crippen molar-refractivity contribution in [2.24, 2.45) is 0 Å². The summed E-state index contributed by atoms with van der Waals surface area (Å²) in [7, 11) is 0. The van der Waals surface area contributed by atoms with Crippen LogP contribution in [0.25, 0.3) is 16.8 Å². The van der Waals surface area contributed by atoms with E-state index in [4.69, 9.17) is 5.11 Å². The van der Waals surface area contributed by atoms with Crippen LogP contribution >= 0.6 is 0 Å². The van der Waals surface area contributed by atoms with E-state index >= 15 is 0 Å². The normalized spacial score (nSPS) is 16.0. The largest absolute Gasteiger partial charge is 0.396 e. The second-order valence-electron chi connectivity index (χ2n) is 6.15. The summed E-state index contributed by atoms with van der Waals surface area (Å²) in [5.41, 5.74) is 3.58. The van der Waals surface area contributed by atoms with Gasteiger partial charge in [0.25, 0.3) is 0 Å². The van der Waals surface area contributed by atoms with E-state index in [1.165, 1.54) is 11.1 Å². The van der Waals surface area contributed by atoms with E-state index in [-0.39, 0.29) is 6.61 Å². The molecule has 1 unspecified atom stereocenters. The maximum atomic E-state index is 14.0. The van der Waals surface area contributed by atoms with Crippen LogP contribution in [0.5, 0.6) is 0 Å². The van der Waals surface area contributed by atoms with Crippen molar-refractivity contribution in [3.8, 4) is 0 Å². The molecule has 120 valence electrons. The standard InChI is InChI=1S/C21H23FO/c1-2-21-18-8-6-15-5-7-16(4-3-11-23)17(12-15)9-10-19(21)14-20(22)13-18/h5-10,12-13,20,23H,2-4,11,14H2,1H3. The summed E-state index contributed by atoms with van der Waals surface area (Å²) in [5, 5.41) is 12.4. The first-order chi connectivity index (χ1) is 11.2. The summed E-state index contributed by atoms with van der Waals surface area (Å²) in [6.45, 7) is 2.33. The van der Waals surface area contributed by atoms with Crippen molar-refractivity contribution in [1.29, 1.82) is 0 Å². The Balaban J connectivity index is 2.26. The average molecular weight is 310 g/mol. The molecule has 0 aromatic heterocycles. The average Bonchev–Trinajstić information content (AvgIpc) is 2.56. The molecule has 1 aliphatic rings. The summed E-state index contributed by atoms with van der Waals surface area (Å²) in [5.74, 6) is 0. The molecular weight excluding hydrogens is 287 g/mol. The van der Waals surface area contributed by atoms with Crippen molar-refractivity contribution in [1.82, 2.24) is 0 Å². The van der Waals surface area contributed by atoms with Crippen LogP contribution in [0.2, 0.25) is 0 Å². The summed E-state index contributed by atoms with van der Waals surface area (Å²) in [4.78, 5) is 0. The summed E-state index contributed by atoms with van der Waals surface area (Å²) in [6, 6.07) is 14.7. The first-order valence-electron chi connectivity index (χ1n) is 8.39. The number of alkyl halides is 1. The number of aliphatic hydroxyl groups is 1. The molecule has 3 rings (SSSR count). The van der Waals surface area contributed by atoms with Crippen LogP contribution in [0.15, 0.2) is 42.5 Å². The Morgan fingerprint density at radius 1 is 1.13 bits per heavy atom. The molecular formula is C21H23FO. The minimum absolute atomic E-state index is 0.202. The van der Waals surface area contributed by atoms with Crippen molar-refractivity contribution in [2.75, 3.05) is 6.61 Å². The van der Waals surface area contributed by atoms with Crippen LogP contribution in [-0.4, -0.2) is 17.9 Å². The monoisotopic (exact) mass is 310 g/mol. The van der Waals surface area contributed by atoms with Crippen LogP contribution in [0, 0.1) is 0 Å². The molecule has 0 heterocycles. The van der Waals surface area contributed by atoms with E-state index in [0.717, 1.165) is 40.8 Å². The molecule has 4 bridgehead atoms. The highest BCUT2D eigenvalue weighted by atomic mass is 19.1. The van der Waals surface area contributed by atoms with Crippen LogP contribution in [0.1, 0.15) is 30.0 Å². The number of hydrogen-bond acceptors (Lipinski definition) is 1. The maximum Gasteiger partial charge on any atom is 0.123 e. The van der Waals surface area contributed by atoms with Gasteiger partial charge in [0.15, 0.2) is 0 Å². The van der Waals surface area contributed by atoms with Crippen molar-refractivity contribution >= 4 is 16.8 Å². The Morgan fingerprint density at radius 2 is 1.96 bits per heavy atom. The van der Waals surface area contributed by atoms with Gasteiger partial charge in [0.2, 0.25) is 0 Å². The molecule has 1 nitrogen and oxygen atoms in total. The first-order valence-corrected chi connectivity index (χ1v) is 8.39. The van der Waals surface area contributed by atoms with E-state index in [2.05, 4.69) is 43.3 Å². The third-order valence-electron chi connectivity index (χ3n) is 4.56. The molecule has 0 radical (unpaired) electrons. The molecule has 1 aliphatic carbocycles. The SMILES string of the molecule is CCc1c2ccc3cc(ccc3CCCO)ccc1=CC(F)C2. The molecule has 2 aromatic carbocycles. The number of aliphatic hydroxyl groups excluding tert-OH is 1. The third kappa shape index (κ3) is 3.53. The lowest BCUT2D eigenvalue weighted by Gasteiger charge is -2.14. The highest BCUT2D eigenvalue weighted by molar-refractivity contribution is 5.71. The molecule has 0 fully saturated rings. The van der Waals surface area contributed by atoms with Gasteiger partial charge in [-0.3, -0.25) is 0 Å². The Labute approximate surface area is 136 Å². The van der Waals surface area contributed by atoms with E-state index < -0.39 is 6.17 Å². The van der Waals surface area contributed by atoms with Gasteiger partial charge in [0.05, 0.1) is 0 Å². The fourth-order valence-electron chi connectivity index (χ4n) is 3.37. The smallest absolute Gasteiger partial charge is 0.123 e. The fourth-order valence-corrected chi connectivity index (χ4v) is 3.37. The quantitative estimate of drug-likeness (QED) is 0.909. The molecule has 0 saturated carbocycles. The van der Waals surface area contributed by atoms with Crippen molar-refractivity contribution in [3.63, 3.8) is 0 Å². The van der Waals surface area contributed by atoms with Crippen LogP contribution < -0.4 is 5.22 Å². The van der Waals surface area contributed by atoms with Crippen LogP contribution in [0.4, 0.5) is 4.39 Å². The topological polar surface area (TPSA) is 20.2 Å². The zero-order valence-corrected chi connectivity index (χ0v) is 13.6. The lowest BCUT2D eigenvalue weighted by atomic mass is 9.93. The molecule has 0 saturated heterocycles. The lowest BCUT2D eigenvalue weighted by molar-refractivity contribution is 0.289. The van der Waals surface area contributed by atoms with Crippen LogP contribution in [-0.2, 0) is 19.3 Å². The second-order valence-corrected chi connectivity index (χ2v) is 6.15. The van der Waals surface area contributed by atoms with Gasteiger partial charge in [-0.1, -0.05) is 43.3 Å². The minimum Gasteiger partial charge on any atom is -0.396 e. The van der Waals surface area contributed by atoms with E-state index in [9.17, 15) is 4.39 Å². The summed E-state index contributed by atoms with van der Waals surface area (Å²) >= 11 is 0. The van der Waals surface area contributed by atoms with Gasteiger partial charge < -0.3 is 5.11 Å². The minimum atomic E-state index is -0.906. The predicted octanol–water partition coefficient (Wildman–Crippen LogP) is 3.85. The highest BCUT2D eigenvalue weighted by Gasteiger charge is 2.12. The zero-order chi connectivity index (χ0) is 16.2. The van der Waals surface area contributed by atoms with Crippen molar-refractivity contribution in [2.45, 2.75) is 38.8 Å². The van der Waals surface area contributed by atoms with E-state index in [1.54, 1.807) is 6.08 Å². The Kier molecular flexibility index (Phi) is 4.92. The van der Waals surface area contributed by atoms with Gasteiger partial charge in [-0.2, -0.15) is 0 Å². The molecule has 23 heavy (non-hydrogen) atoms. The summed E-state index contributed by atoms with van der Waals surface area (Å²) in [6.07, 6.45) is 3.83. The van der Waals surface area contributed by atoms with Gasteiger partial charge in [-0.05, 0) is 64.1 Å². The van der Waals surface area contributed by atoms with Gasteiger partial charge in [0, 0.05) is 13.0 Å². The molecule has 1 N–H and O–H groups in total. The first kappa shape index (κ1) is 15.9. The van der Waals surface area contributed by atoms with Gasteiger partial charge in [-0.25, -0.2) is 4.39 Å². The van der Waals surface area contributed by atoms with Crippen LogP contribution in [0.3, 0.4) is 0 Å². The molecule has 1 atom stereocenters. The number of benzene rings is 1. The van der Waals surface area contributed by atoms with Crippen molar-refractivity contribution < 1.29 is 9.50 Å². The Morgan fingerprint density at radius 3 is 2.74 bits per heavy atom. The Hall–Kier alpha value is -1.93. The number of rotatable bonds is 4. The van der Waals surface area contributed by atoms with Gasteiger partial charge in [-0.15, -0.1) is 0 Å². The van der Waals surface area contributed by atoms with Gasteiger partial charge in [0.1, 0.15) is 6.17 Å². The second kappa shape index (κ2) is 7.10. The zero-order valence-electron chi connectivity index (χ0n) is 13.6.